The second kappa shape index (κ2) is 6.04. The van der Waals surface area contributed by atoms with Gasteiger partial charge < -0.3 is 9.47 Å². The maximum Gasteiger partial charge on any atom is 0.158 e. The maximum atomic E-state index is 5.89. The zero-order chi connectivity index (χ0) is 13.1. The first-order valence-electron chi connectivity index (χ1n) is 6.74. The van der Waals surface area contributed by atoms with E-state index in [0.717, 1.165) is 23.9 Å². The van der Waals surface area contributed by atoms with Gasteiger partial charge in [0.25, 0.3) is 0 Å². The second-order valence-corrected chi connectivity index (χ2v) is 5.72. The summed E-state index contributed by atoms with van der Waals surface area (Å²) >= 11 is 3.63. The molecule has 0 saturated carbocycles. The zero-order valence-corrected chi connectivity index (χ0v) is 12.4. The highest BCUT2D eigenvalue weighted by Gasteiger charge is 2.14. The third kappa shape index (κ3) is 2.99. The van der Waals surface area contributed by atoms with Gasteiger partial charge in [0.1, 0.15) is 0 Å². The lowest BCUT2D eigenvalue weighted by atomic mass is 10.1. The number of hydrogen-bond acceptors (Lipinski definition) is 2. The molecule has 1 unspecified atom stereocenters. The van der Waals surface area contributed by atoms with Crippen LogP contribution in [0.3, 0.4) is 0 Å². The molecule has 2 nitrogen and oxygen atoms in total. The lowest BCUT2D eigenvalue weighted by molar-refractivity contribution is -0.168. The van der Waals surface area contributed by atoms with Crippen LogP contribution in [-0.4, -0.2) is 12.9 Å². The molecule has 3 rings (SSSR count). The summed E-state index contributed by atoms with van der Waals surface area (Å²) in [5, 5.41) is 2.47. The van der Waals surface area contributed by atoms with Crippen LogP contribution in [-0.2, 0) is 16.1 Å². The van der Waals surface area contributed by atoms with Crippen molar-refractivity contribution in [3.63, 3.8) is 0 Å². The molecule has 1 aliphatic rings. The van der Waals surface area contributed by atoms with Gasteiger partial charge in [0.15, 0.2) is 6.29 Å². The SMILES string of the molecule is Brc1cccc2cccc(COC3CCCCO3)c12. The minimum Gasteiger partial charge on any atom is -0.353 e. The van der Waals surface area contributed by atoms with Gasteiger partial charge in [-0.3, -0.25) is 0 Å². The van der Waals surface area contributed by atoms with E-state index >= 15 is 0 Å². The van der Waals surface area contributed by atoms with Crippen LogP contribution in [0.2, 0.25) is 0 Å². The molecule has 1 aliphatic heterocycles. The van der Waals surface area contributed by atoms with E-state index in [1.807, 2.05) is 0 Å². The molecule has 0 bridgehead atoms. The molecule has 1 heterocycles. The van der Waals surface area contributed by atoms with Crippen LogP contribution in [0, 0.1) is 0 Å². The molecule has 0 aliphatic carbocycles. The van der Waals surface area contributed by atoms with Crippen molar-refractivity contribution in [2.45, 2.75) is 32.2 Å². The van der Waals surface area contributed by atoms with Crippen molar-refractivity contribution in [1.29, 1.82) is 0 Å². The predicted molar refractivity (Wildman–Crippen MR) is 80.0 cm³/mol. The van der Waals surface area contributed by atoms with Crippen molar-refractivity contribution in [2.75, 3.05) is 6.61 Å². The summed E-state index contributed by atoms with van der Waals surface area (Å²) in [4.78, 5) is 0. The molecule has 100 valence electrons. The molecular weight excluding hydrogens is 304 g/mol. The number of benzene rings is 2. The fourth-order valence-corrected chi connectivity index (χ4v) is 3.15. The quantitative estimate of drug-likeness (QED) is 0.819. The molecular formula is C16H17BrO2. The smallest absolute Gasteiger partial charge is 0.158 e. The highest BCUT2D eigenvalue weighted by molar-refractivity contribution is 9.10. The molecule has 2 aromatic carbocycles. The molecule has 1 fully saturated rings. The summed E-state index contributed by atoms with van der Waals surface area (Å²) in [7, 11) is 0. The molecule has 0 N–H and O–H groups in total. The van der Waals surface area contributed by atoms with E-state index in [9.17, 15) is 0 Å². The Kier molecular flexibility index (Phi) is 4.16. The molecule has 0 amide bonds. The Bertz CT molecular complexity index is 556. The number of fused-ring (bicyclic) bond motifs is 1. The normalized spacial score (nSPS) is 19.7. The standard InChI is InChI=1S/C16H17BrO2/c17-14-8-4-6-12-5-3-7-13(16(12)14)11-19-15-9-1-2-10-18-15/h3-8,15H,1-2,9-11H2. The van der Waals surface area contributed by atoms with Crippen LogP contribution in [0.15, 0.2) is 40.9 Å². The molecule has 2 aromatic rings. The van der Waals surface area contributed by atoms with Gasteiger partial charge in [-0.15, -0.1) is 0 Å². The predicted octanol–water partition coefficient (Wildman–Crippen LogP) is 4.65. The highest BCUT2D eigenvalue weighted by atomic mass is 79.9. The first kappa shape index (κ1) is 13.1. The van der Waals surface area contributed by atoms with Crippen molar-refractivity contribution in [1.82, 2.24) is 0 Å². The Labute approximate surface area is 121 Å². The molecule has 1 atom stereocenters. The summed E-state index contributed by atoms with van der Waals surface area (Å²) in [6.07, 6.45) is 3.32. The fraction of sp³-hybridized carbons (Fsp3) is 0.375. The van der Waals surface area contributed by atoms with Crippen LogP contribution in [0.4, 0.5) is 0 Å². The van der Waals surface area contributed by atoms with Gasteiger partial charge >= 0.3 is 0 Å². The molecule has 0 aromatic heterocycles. The number of hydrogen-bond donors (Lipinski definition) is 0. The van der Waals surface area contributed by atoms with Gasteiger partial charge in [-0.2, -0.15) is 0 Å². The van der Waals surface area contributed by atoms with Crippen LogP contribution in [0.25, 0.3) is 10.8 Å². The molecule has 3 heteroatoms. The highest BCUT2D eigenvalue weighted by Crippen LogP contribution is 2.28. The molecule has 0 spiro atoms. The van der Waals surface area contributed by atoms with Crippen molar-refractivity contribution in [3.8, 4) is 0 Å². The van der Waals surface area contributed by atoms with Gasteiger partial charge in [-0.05, 0) is 36.3 Å². The van der Waals surface area contributed by atoms with E-state index in [1.165, 1.54) is 22.8 Å². The average Bonchev–Trinajstić information content (AvgIpc) is 2.46. The third-order valence-corrected chi connectivity index (χ3v) is 4.16. The van der Waals surface area contributed by atoms with E-state index in [0.29, 0.717) is 6.61 Å². The summed E-state index contributed by atoms with van der Waals surface area (Å²) in [6.45, 7) is 1.43. The molecule has 0 radical (unpaired) electrons. The third-order valence-electron chi connectivity index (χ3n) is 3.50. The Morgan fingerprint density at radius 3 is 2.79 bits per heavy atom. The summed E-state index contributed by atoms with van der Waals surface area (Å²) in [6, 6.07) is 12.6. The summed E-state index contributed by atoms with van der Waals surface area (Å²) in [5.74, 6) is 0. The van der Waals surface area contributed by atoms with Gasteiger partial charge in [0, 0.05) is 16.5 Å². The van der Waals surface area contributed by atoms with Crippen molar-refractivity contribution >= 4 is 26.7 Å². The lowest BCUT2D eigenvalue weighted by Gasteiger charge is -2.23. The van der Waals surface area contributed by atoms with Crippen molar-refractivity contribution in [2.24, 2.45) is 0 Å². The Morgan fingerprint density at radius 1 is 1.16 bits per heavy atom. The minimum atomic E-state index is -0.0357. The number of halogens is 1. The van der Waals surface area contributed by atoms with E-state index in [2.05, 4.69) is 52.3 Å². The van der Waals surface area contributed by atoms with E-state index in [1.54, 1.807) is 0 Å². The first-order valence-corrected chi connectivity index (χ1v) is 7.53. The van der Waals surface area contributed by atoms with E-state index < -0.39 is 0 Å². The second-order valence-electron chi connectivity index (χ2n) is 4.86. The Balaban J connectivity index is 1.80. The monoisotopic (exact) mass is 320 g/mol. The molecule has 1 saturated heterocycles. The van der Waals surface area contributed by atoms with Gasteiger partial charge in [-0.25, -0.2) is 0 Å². The van der Waals surface area contributed by atoms with Crippen LogP contribution >= 0.6 is 15.9 Å². The largest absolute Gasteiger partial charge is 0.353 e. The number of rotatable bonds is 3. The van der Waals surface area contributed by atoms with Crippen molar-refractivity contribution in [3.05, 3.63) is 46.4 Å². The van der Waals surface area contributed by atoms with Crippen LogP contribution in [0.5, 0.6) is 0 Å². The lowest BCUT2D eigenvalue weighted by Crippen LogP contribution is -2.22. The van der Waals surface area contributed by atoms with E-state index in [-0.39, 0.29) is 6.29 Å². The Morgan fingerprint density at radius 2 is 2.00 bits per heavy atom. The van der Waals surface area contributed by atoms with Gasteiger partial charge in [-0.1, -0.05) is 46.3 Å². The van der Waals surface area contributed by atoms with Gasteiger partial charge in [0.2, 0.25) is 0 Å². The molecule has 19 heavy (non-hydrogen) atoms. The summed E-state index contributed by atoms with van der Waals surface area (Å²) < 4.78 is 12.6. The maximum absolute atomic E-state index is 5.89. The summed E-state index contributed by atoms with van der Waals surface area (Å²) in [5.41, 5.74) is 1.21. The fourth-order valence-electron chi connectivity index (χ4n) is 2.52. The number of ether oxygens (including phenoxy) is 2. The van der Waals surface area contributed by atoms with Crippen LogP contribution < -0.4 is 0 Å². The zero-order valence-electron chi connectivity index (χ0n) is 10.8. The minimum absolute atomic E-state index is 0.0357. The van der Waals surface area contributed by atoms with Crippen molar-refractivity contribution < 1.29 is 9.47 Å². The first-order chi connectivity index (χ1) is 9.34. The van der Waals surface area contributed by atoms with Crippen LogP contribution in [0.1, 0.15) is 24.8 Å². The van der Waals surface area contributed by atoms with Gasteiger partial charge in [0.05, 0.1) is 6.61 Å². The topological polar surface area (TPSA) is 18.5 Å². The van der Waals surface area contributed by atoms with E-state index in [4.69, 9.17) is 9.47 Å². The average molecular weight is 321 g/mol. The Hall–Kier alpha value is -0.900.